The molecule has 1 saturated carbocycles. The Bertz CT molecular complexity index is 687. The number of rotatable bonds is 12. The van der Waals surface area contributed by atoms with Crippen molar-refractivity contribution >= 4 is 29.4 Å². The Morgan fingerprint density at radius 1 is 1.17 bits per heavy atom. The first kappa shape index (κ1) is 24.8. The number of carbonyl (C=O) groups is 1. The molecule has 1 aromatic carbocycles. The van der Waals surface area contributed by atoms with Crippen LogP contribution in [0.15, 0.2) is 29.3 Å². The van der Waals surface area contributed by atoms with Gasteiger partial charge in [0.25, 0.3) is 0 Å². The standard InChI is InChI=1S/C22H33ClN2O5/c23-15-6-5-7-16(12-15)24-14-17(26)10-11-19-18(20(27)13-21(19)28)8-3-1-2-4-9-22(29)25-30/h5-7,12,14,17-21,26-28,30H,1-4,8-11,13H2,(H,25,29)/b24-14-/t17?,18-,19?,20+,21-/m1/s1. The van der Waals surface area contributed by atoms with E-state index < -0.39 is 18.3 Å². The molecule has 0 spiro atoms. The molecular formula is C22H33ClN2O5. The van der Waals surface area contributed by atoms with Crippen LogP contribution in [-0.2, 0) is 4.79 Å². The lowest BCUT2D eigenvalue weighted by Gasteiger charge is -2.24. The van der Waals surface area contributed by atoms with Crippen molar-refractivity contribution in [3.8, 4) is 0 Å². The van der Waals surface area contributed by atoms with Crippen molar-refractivity contribution in [2.45, 2.75) is 76.1 Å². The van der Waals surface area contributed by atoms with Gasteiger partial charge < -0.3 is 15.3 Å². The molecule has 8 heteroatoms. The Balaban J connectivity index is 1.74. The number of hydroxylamine groups is 1. The highest BCUT2D eigenvalue weighted by molar-refractivity contribution is 6.30. The molecule has 1 fully saturated rings. The fourth-order valence-corrected chi connectivity index (χ4v) is 4.41. The summed E-state index contributed by atoms with van der Waals surface area (Å²) in [6.45, 7) is 0. The first-order valence-electron chi connectivity index (χ1n) is 10.7. The lowest BCUT2D eigenvalue weighted by Crippen LogP contribution is -2.24. The fourth-order valence-electron chi connectivity index (χ4n) is 4.22. The molecule has 7 nitrogen and oxygen atoms in total. The van der Waals surface area contributed by atoms with Gasteiger partial charge in [-0.05, 0) is 62.1 Å². The molecule has 0 saturated heterocycles. The molecule has 0 aromatic heterocycles. The molecule has 0 bridgehead atoms. The van der Waals surface area contributed by atoms with Crippen LogP contribution in [0.5, 0.6) is 0 Å². The maximum Gasteiger partial charge on any atom is 0.243 e. The number of benzene rings is 1. The minimum absolute atomic E-state index is 0.0119. The van der Waals surface area contributed by atoms with Gasteiger partial charge in [0.05, 0.1) is 24.0 Å². The molecule has 1 aliphatic rings. The van der Waals surface area contributed by atoms with Crippen LogP contribution in [0, 0.1) is 11.8 Å². The monoisotopic (exact) mass is 440 g/mol. The van der Waals surface area contributed by atoms with Gasteiger partial charge in [0.15, 0.2) is 0 Å². The van der Waals surface area contributed by atoms with E-state index in [-0.39, 0.29) is 17.7 Å². The highest BCUT2D eigenvalue weighted by Gasteiger charge is 2.40. The largest absolute Gasteiger partial charge is 0.393 e. The second-order valence-electron chi connectivity index (χ2n) is 8.09. The predicted molar refractivity (Wildman–Crippen MR) is 116 cm³/mol. The average molecular weight is 441 g/mol. The summed E-state index contributed by atoms with van der Waals surface area (Å²) in [5.41, 5.74) is 2.30. The van der Waals surface area contributed by atoms with Crippen LogP contribution >= 0.6 is 11.6 Å². The van der Waals surface area contributed by atoms with E-state index in [0.29, 0.717) is 42.8 Å². The highest BCUT2D eigenvalue weighted by atomic mass is 35.5. The normalized spacial score (nSPS) is 25.0. The van der Waals surface area contributed by atoms with Gasteiger partial charge in [-0.1, -0.05) is 36.9 Å². The molecular weight excluding hydrogens is 408 g/mol. The Labute approximate surface area is 182 Å². The maximum atomic E-state index is 11.0. The van der Waals surface area contributed by atoms with Gasteiger partial charge in [-0.2, -0.15) is 0 Å². The van der Waals surface area contributed by atoms with Gasteiger partial charge in [0.1, 0.15) is 0 Å². The number of halogens is 1. The summed E-state index contributed by atoms with van der Waals surface area (Å²) >= 11 is 5.93. The van der Waals surface area contributed by atoms with Crippen LogP contribution in [0.2, 0.25) is 5.02 Å². The zero-order valence-electron chi connectivity index (χ0n) is 17.2. The maximum absolute atomic E-state index is 11.0. The van der Waals surface area contributed by atoms with Crippen LogP contribution < -0.4 is 5.48 Å². The number of aliphatic hydroxyl groups is 3. The molecule has 2 rings (SSSR count). The molecule has 0 radical (unpaired) electrons. The number of nitrogens with zero attached hydrogens (tertiary/aromatic N) is 1. The minimum Gasteiger partial charge on any atom is -0.393 e. The van der Waals surface area contributed by atoms with Crippen molar-refractivity contribution in [2.24, 2.45) is 16.8 Å². The summed E-state index contributed by atoms with van der Waals surface area (Å²) in [5, 5.41) is 40.0. The van der Waals surface area contributed by atoms with Crippen LogP contribution in [0.1, 0.15) is 57.8 Å². The van der Waals surface area contributed by atoms with E-state index in [1.54, 1.807) is 29.7 Å². The summed E-state index contributed by atoms with van der Waals surface area (Å²) < 4.78 is 0. The summed E-state index contributed by atoms with van der Waals surface area (Å²) in [7, 11) is 0. The van der Waals surface area contributed by atoms with E-state index in [1.807, 2.05) is 0 Å². The lowest BCUT2D eigenvalue weighted by molar-refractivity contribution is -0.129. The number of aliphatic imine (C=N–C) groups is 1. The van der Waals surface area contributed by atoms with E-state index in [0.717, 1.165) is 25.7 Å². The third-order valence-corrected chi connectivity index (χ3v) is 6.07. The van der Waals surface area contributed by atoms with Gasteiger partial charge in [-0.3, -0.25) is 15.0 Å². The summed E-state index contributed by atoms with van der Waals surface area (Å²) in [6.07, 6.45) is 5.66. The van der Waals surface area contributed by atoms with Crippen molar-refractivity contribution in [3.63, 3.8) is 0 Å². The van der Waals surface area contributed by atoms with E-state index >= 15 is 0 Å². The van der Waals surface area contributed by atoms with Crippen molar-refractivity contribution in [3.05, 3.63) is 29.3 Å². The van der Waals surface area contributed by atoms with E-state index in [4.69, 9.17) is 16.8 Å². The summed E-state index contributed by atoms with van der Waals surface area (Å²) in [5.74, 6) is -0.408. The summed E-state index contributed by atoms with van der Waals surface area (Å²) in [4.78, 5) is 15.2. The lowest BCUT2D eigenvalue weighted by atomic mass is 9.85. The number of nitrogens with one attached hydrogen (secondary N) is 1. The number of carbonyl (C=O) groups excluding carboxylic acids is 1. The van der Waals surface area contributed by atoms with Crippen molar-refractivity contribution in [1.82, 2.24) is 5.48 Å². The summed E-state index contributed by atoms with van der Waals surface area (Å²) in [6, 6.07) is 7.08. The van der Waals surface area contributed by atoms with Crippen molar-refractivity contribution in [2.75, 3.05) is 0 Å². The smallest absolute Gasteiger partial charge is 0.243 e. The first-order valence-corrected chi connectivity index (χ1v) is 11.1. The van der Waals surface area contributed by atoms with Gasteiger partial charge in [0.2, 0.25) is 5.91 Å². The number of hydrogen-bond donors (Lipinski definition) is 5. The number of unbranched alkanes of at least 4 members (excludes halogenated alkanes) is 3. The predicted octanol–water partition coefficient (Wildman–Crippen LogP) is 3.39. The number of aliphatic hydroxyl groups excluding tert-OH is 3. The Kier molecular flexibility index (Phi) is 10.7. The van der Waals surface area contributed by atoms with E-state index in [9.17, 15) is 20.1 Å². The zero-order valence-corrected chi connectivity index (χ0v) is 17.9. The van der Waals surface area contributed by atoms with Gasteiger partial charge >= 0.3 is 0 Å². The first-order chi connectivity index (χ1) is 14.4. The third kappa shape index (κ3) is 8.32. The topological polar surface area (TPSA) is 122 Å². The van der Waals surface area contributed by atoms with Crippen LogP contribution in [0.4, 0.5) is 5.69 Å². The molecule has 2 unspecified atom stereocenters. The molecule has 0 heterocycles. The molecule has 1 amide bonds. The fraction of sp³-hybridized carbons (Fsp3) is 0.636. The highest BCUT2D eigenvalue weighted by Crippen LogP contribution is 2.39. The molecule has 5 N–H and O–H groups in total. The van der Waals surface area contributed by atoms with E-state index in [2.05, 4.69) is 4.99 Å². The van der Waals surface area contributed by atoms with Crippen molar-refractivity contribution < 1.29 is 25.3 Å². The Morgan fingerprint density at radius 2 is 1.87 bits per heavy atom. The minimum atomic E-state index is -0.729. The molecule has 1 aliphatic carbocycles. The molecule has 30 heavy (non-hydrogen) atoms. The third-order valence-electron chi connectivity index (χ3n) is 5.84. The number of amides is 1. The van der Waals surface area contributed by atoms with Crippen LogP contribution in [-0.4, -0.2) is 51.0 Å². The average Bonchev–Trinajstić information content (AvgIpc) is 2.99. The Morgan fingerprint density at radius 3 is 2.57 bits per heavy atom. The van der Waals surface area contributed by atoms with Crippen LogP contribution in [0.25, 0.3) is 0 Å². The molecule has 0 aliphatic heterocycles. The van der Waals surface area contributed by atoms with Gasteiger partial charge in [-0.25, -0.2) is 5.48 Å². The van der Waals surface area contributed by atoms with Gasteiger partial charge in [0, 0.05) is 17.7 Å². The number of hydrogen-bond acceptors (Lipinski definition) is 6. The zero-order chi connectivity index (χ0) is 21.9. The second-order valence-corrected chi connectivity index (χ2v) is 8.53. The Hall–Kier alpha value is -1.51. The quantitative estimate of drug-likeness (QED) is 0.147. The van der Waals surface area contributed by atoms with Crippen molar-refractivity contribution in [1.29, 1.82) is 0 Å². The van der Waals surface area contributed by atoms with Gasteiger partial charge in [-0.15, -0.1) is 0 Å². The molecule has 5 atom stereocenters. The second kappa shape index (κ2) is 13.0. The van der Waals surface area contributed by atoms with E-state index in [1.165, 1.54) is 6.21 Å². The van der Waals surface area contributed by atoms with Crippen LogP contribution in [0.3, 0.4) is 0 Å². The molecule has 1 aromatic rings. The SMILES string of the molecule is O=C(CCCCCC[C@@H]1C(CCC(O)/C=N\c2cccc(Cl)c2)[C@H](O)C[C@@H]1O)NO. The molecule has 168 valence electrons.